The largest absolute Gasteiger partial charge is 0.490 e. The number of hydrogen-bond donors (Lipinski definition) is 4. The number of rotatable bonds is 10. The molecule has 2 aliphatic heterocycles. The number of hydrogen-bond acceptors (Lipinski definition) is 14. The van der Waals surface area contributed by atoms with Gasteiger partial charge in [0.25, 0.3) is 11.8 Å². The number of anilines is 2. The van der Waals surface area contributed by atoms with Crippen molar-refractivity contribution in [2.45, 2.75) is 45.6 Å². The van der Waals surface area contributed by atoms with Crippen molar-refractivity contribution >= 4 is 47.0 Å². The standard InChI is InChI=1S/C21H26N4O6.C16H18N4O4.C2HF3O2/c1-21(2,3)31-20(27)24-12-10-23(11-13-24)16-6-4-15(5-7-16)14-22-19(26)17-8-9-18(30-17)25(28)29;21-16(14-5-6-15(24-14)20(22)23)18-11-12-1-3-13(4-2-12)19-9-7-17-8-10-19;3-2(4,5)1(6)7/h4-9H,10-14H2,1-3H3,(H,22,26);1-6,17H,7-11H2,(H,18,21);(H,6,7). The number of aliphatic carboxylic acids is 1. The molecule has 0 radical (unpaired) electrons. The number of carboxylic acids is 1. The van der Waals surface area contributed by atoms with Crippen LogP contribution < -0.4 is 25.8 Å². The zero-order valence-electron chi connectivity index (χ0n) is 33.8. The molecule has 0 saturated carbocycles. The Hall–Kier alpha value is -7.17. The van der Waals surface area contributed by atoms with Gasteiger partial charge in [-0.05, 0) is 68.3 Å². The highest BCUT2D eigenvalue weighted by Gasteiger charge is 2.38. The summed E-state index contributed by atoms with van der Waals surface area (Å²) in [6.07, 6.45) is -5.37. The van der Waals surface area contributed by atoms with E-state index in [0.717, 1.165) is 60.8 Å². The van der Waals surface area contributed by atoms with Crippen LogP contribution in [-0.2, 0) is 22.6 Å². The zero-order valence-corrected chi connectivity index (χ0v) is 33.8. The smallest absolute Gasteiger partial charge is 0.475 e. The molecule has 0 aliphatic carbocycles. The maximum absolute atomic E-state index is 12.2. The Labute approximate surface area is 351 Å². The number of piperazine rings is 2. The van der Waals surface area contributed by atoms with Gasteiger partial charge >= 0.3 is 30.0 Å². The van der Waals surface area contributed by atoms with Crippen molar-refractivity contribution in [3.05, 3.63) is 116 Å². The van der Waals surface area contributed by atoms with Crippen LogP contribution >= 0.6 is 0 Å². The summed E-state index contributed by atoms with van der Waals surface area (Å²) >= 11 is 0. The molecule has 3 amide bonds. The molecule has 334 valence electrons. The average molecular weight is 875 g/mol. The van der Waals surface area contributed by atoms with Crippen LogP contribution in [0.1, 0.15) is 53.0 Å². The third kappa shape index (κ3) is 14.8. The first-order valence-corrected chi connectivity index (χ1v) is 18.9. The Morgan fingerprint density at radius 1 is 0.694 bits per heavy atom. The van der Waals surface area contributed by atoms with Crippen LogP contribution in [0.2, 0.25) is 0 Å². The normalized spacial score (nSPS) is 14.0. The molecule has 0 unspecified atom stereocenters. The second kappa shape index (κ2) is 21.4. The number of nitrogens with one attached hydrogen (secondary N) is 3. The maximum atomic E-state index is 12.2. The quantitative estimate of drug-likeness (QED) is 0.116. The SMILES string of the molecule is CC(C)(C)OC(=O)N1CCN(c2ccc(CNC(=O)c3ccc([N+](=O)[O-])o3)cc2)CC1.O=C(NCc1ccc(N2CCNCC2)cc1)c1ccc([N+](=O)[O-])o1.O=C(O)C(F)(F)F. The van der Waals surface area contributed by atoms with Crippen LogP contribution in [0.4, 0.5) is 41.1 Å². The summed E-state index contributed by atoms with van der Waals surface area (Å²) in [6, 6.07) is 20.6. The van der Waals surface area contributed by atoms with Gasteiger partial charge in [0.1, 0.15) is 15.4 Å². The van der Waals surface area contributed by atoms with Crippen molar-refractivity contribution in [2.24, 2.45) is 0 Å². The number of nitro groups is 2. The van der Waals surface area contributed by atoms with Crippen molar-refractivity contribution in [3.8, 4) is 0 Å². The first-order valence-electron chi connectivity index (χ1n) is 18.9. The predicted octanol–water partition coefficient (Wildman–Crippen LogP) is 5.34. The first kappa shape index (κ1) is 47.5. The molecule has 4 heterocycles. The number of amides is 3. The Kier molecular flexibility index (Phi) is 16.4. The first-order chi connectivity index (χ1) is 29.2. The molecule has 23 heteroatoms. The number of benzene rings is 2. The van der Waals surface area contributed by atoms with Crippen LogP contribution in [0.5, 0.6) is 0 Å². The van der Waals surface area contributed by atoms with Gasteiger partial charge in [-0.1, -0.05) is 24.3 Å². The summed E-state index contributed by atoms with van der Waals surface area (Å²) in [6.45, 7) is 12.6. The lowest BCUT2D eigenvalue weighted by molar-refractivity contribution is -0.402. The minimum atomic E-state index is -5.08. The average Bonchev–Trinajstić information content (AvgIpc) is 3.95. The molecule has 0 spiro atoms. The molecule has 4 N–H and O–H groups in total. The minimum absolute atomic E-state index is 0.0702. The number of carbonyl (C=O) groups excluding carboxylic acids is 3. The van der Waals surface area contributed by atoms with Crippen molar-refractivity contribution < 1.29 is 60.9 Å². The zero-order chi connectivity index (χ0) is 45.6. The highest BCUT2D eigenvalue weighted by molar-refractivity contribution is 5.92. The fourth-order valence-corrected chi connectivity index (χ4v) is 5.68. The van der Waals surface area contributed by atoms with Gasteiger partial charge in [-0.15, -0.1) is 0 Å². The fourth-order valence-electron chi connectivity index (χ4n) is 5.68. The Morgan fingerprint density at radius 3 is 1.42 bits per heavy atom. The van der Waals surface area contributed by atoms with Gasteiger partial charge in [-0.25, -0.2) is 9.59 Å². The van der Waals surface area contributed by atoms with Gasteiger partial charge in [-0.3, -0.25) is 29.8 Å². The highest BCUT2D eigenvalue weighted by Crippen LogP contribution is 2.21. The van der Waals surface area contributed by atoms with Gasteiger partial charge in [-0.2, -0.15) is 13.2 Å². The summed E-state index contributed by atoms with van der Waals surface area (Å²) in [5.74, 6) is -4.84. The van der Waals surface area contributed by atoms with Gasteiger partial charge < -0.3 is 49.3 Å². The lowest BCUT2D eigenvalue weighted by Gasteiger charge is -2.36. The number of alkyl halides is 3. The van der Waals surface area contributed by atoms with E-state index in [2.05, 4.69) is 25.8 Å². The summed E-state index contributed by atoms with van der Waals surface area (Å²) < 4.78 is 46.9. The Balaban J connectivity index is 0.000000242. The number of halogens is 3. The third-order valence-corrected chi connectivity index (χ3v) is 8.79. The van der Waals surface area contributed by atoms with E-state index < -0.39 is 51.2 Å². The molecule has 0 atom stereocenters. The second-order valence-corrected chi connectivity index (χ2v) is 14.5. The Bertz CT molecular complexity index is 2160. The van der Waals surface area contributed by atoms with Crippen molar-refractivity contribution in [1.29, 1.82) is 0 Å². The molecule has 6 rings (SSSR count). The molecule has 62 heavy (non-hydrogen) atoms. The fraction of sp³-hybridized carbons (Fsp3) is 0.385. The third-order valence-electron chi connectivity index (χ3n) is 8.79. The van der Waals surface area contributed by atoms with E-state index in [4.69, 9.17) is 23.5 Å². The number of nitrogens with zero attached hydrogens (tertiary/aromatic N) is 5. The molecule has 20 nitrogen and oxygen atoms in total. The lowest BCUT2D eigenvalue weighted by atomic mass is 10.1. The molecule has 2 fully saturated rings. The van der Waals surface area contributed by atoms with Gasteiger partial charge in [0.2, 0.25) is 0 Å². The minimum Gasteiger partial charge on any atom is -0.475 e. The van der Waals surface area contributed by atoms with Crippen LogP contribution in [0.15, 0.2) is 81.6 Å². The van der Waals surface area contributed by atoms with Gasteiger partial charge in [0.15, 0.2) is 11.5 Å². The topological polar surface area (TPSA) is 256 Å². The van der Waals surface area contributed by atoms with E-state index in [1.54, 1.807) is 4.90 Å². The molecular formula is C39H45F3N8O12. The number of carbonyl (C=O) groups is 4. The maximum Gasteiger partial charge on any atom is 0.490 e. The molecule has 2 aromatic heterocycles. The predicted molar refractivity (Wildman–Crippen MR) is 215 cm³/mol. The Morgan fingerprint density at radius 2 is 1.08 bits per heavy atom. The van der Waals surface area contributed by atoms with E-state index in [9.17, 15) is 47.8 Å². The summed E-state index contributed by atoms with van der Waals surface area (Å²) in [7, 11) is 0. The van der Waals surface area contributed by atoms with Crippen molar-refractivity contribution in [3.63, 3.8) is 0 Å². The van der Waals surface area contributed by atoms with Crippen LogP contribution in [0.3, 0.4) is 0 Å². The van der Waals surface area contributed by atoms with Crippen LogP contribution in [0.25, 0.3) is 0 Å². The molecular weight excluding hydrogens is 829 g/mol. The van der Waals surface area contributed by atoms with E-state index in [0.29, 0.717) is 32.7 Å². The summed E-state index contributed by atoms with van der Waals surface area (Å²) in [5.41, 5.74) is 3.51. The highest BCUT2D eigenvalue weighted by atomic mass is 19.4. The number of ether oxygens (including phenoxy) is 1. The van der Waals surface area contributed by atoms with E-state index in [1.807, 2.05) is 69.3 Å². The lowest BCUT2D eigenvalue weighted by Crippen LogP contribution is -2.50. The molecule has 2 aromatic carbocycles. The van der Waals surface area contributed by atoms with E-state index in [-0.39, 0.29) is 24.2 Å². The summed E-state index contributed by atoms with van der Waals surface area (Å²) in [5, 5.41) is 37.0. The number of carboxylic acid groups (broad SMARTS) is 1. The van der Waals surface area contributed by atoms with Crippen molar-refractivity contribution in [1.82, 2.24) is 20.9 Å². The number of furan rings is 2. The monoisotopic (exact) mass is 874 g/mol. The molecule has 2 aliphatic rings. The molecule has 0 bridgehead atoms. The summed E-state index contributed by atoms with van der Waals surface area (Å²) in [4.78, 5) is 71.1. The van der Waals surface area contributed by atoms with Crippen LogP contribution in [0, 0.1) is 20.2 Å². The van der Waals surface area contributed by atoms with Crippen molar-refractivity contribution in [2.75, 3.05) is 62.2 Å². The van der Waals surface area contributed by atoms with E-state index >= 15 is 0 Å². The van der Waals surface area contributed by atoms with E-state index in [1.165, 1.54) is 12.1 Å². The second-order valence-electron chi connectivity index (χ2n) is 14.5. The van der Waals surface area contributed by atoms with Gasteiger partial charge in [0.05, 0.1) is 12.1 Å². The van der Waals surface area contributed by atoms with Gasteiger partial charge in [0, 0.05) is 76.8 Å². The van der Waals surface area contributed by atoms with Crippen LogP contribution in [-0.4, -0.2) is 108 Å². The molecule has 2 saturated heterocycles. The molecule has 4 aromatic rings.